The number of methoxy groups -OCH3 is 1. The fourth-order valence-electron chi connectivity index (χ4n) is 4.97. The van der Waals surface area contributed by atoms with Crippen LogP contribution in [0.5, 0.6) is 5.75 Å². The monoisotopic (exact) mass is 535 g/mol. The third kappa shape index (κ3) is 5.69. The zero-order valence-corrected chi connectivity index (χ0v) is 21.3. The van der Waals surface area contributed by atoms with Crippen LogP contribution in [0.25, 0.3) is 10.9 Å². The molecule has 1 unspecified atom stereocenters. The molecular formula is C29H27F2N3O5. The number of hydrogen-bond acceptors (Lipinski definition) is 5. The van der Waals surface area contributed by atoms with Crippen molar-refractivity contribution in [3.05, 3.63) is 89.2 Å². The van der Waals surface area contributed by atoms with Crippen molar-refractivity contribution < 1.29 is 33.0 Å². The van der Waals surface area contributed by atoms with Gasteiger partial charge in [0.2, 0.25) is 0 Å². The summed E-state index contributed by atoms with van der Waals surface area (Å²) in [4.78, 5) is 29.5. The van der Waals surface area contributed by atoms with E-state index in [4.69, 9.17) is 9.47 Å². The lowest BCUT2D eigenvalue weighted by Gasteiger charge is -2.26. The predicted molar refractivity (Wildman–Crippen MR) is 140 cm³/mol. The molecule has 202 valence electrons. The number of carbonyl (C=O) groups is 2. The molecule has 8 nitrogen and oxygen atoms in total. The average Bonchev–Trinajstić information content (AvgIpc) is 3.33. The molecular weight excluding hydrogens is 508 g/mol. The number of hydrogen-bond donors (Lipinski definition) is 1. The van der Waals surface area contributed by atoms with Gasteiger partial charge in [-0.15, -0.1) is 0 Å². The van der Waals surface area contributed by atoms with E-state index in [0.29, 0.717) is 36.7 Å². The van der Waals surface area contributed by atoms with E-state index in [1.165, 1.54) is 24.1 Å². The van der Waals surface area contributed by atoms with Crippen molar-refractivity contribution in [3.63, 3.8) is 0 Å². The summed E-state index contributed by atoms with van der Waals surface area (Å²) in [5, 5.41) is 10.3. The molecule has 1 amide bonds. The number of aromatic nitrogens is 2. The van der Waals surface area contributed by atoms with Crippen molar-refractivity contribution >= 4 is 28.8 Å². The lowest BCUT2D eigenvalue weighted by molar-refractivity contribution is -0.141. The van der Waals surface area contributed by atoms with Gasteiger partial charge < -0.3 is 19.1 Å². The van der Waals surface area contributed by atoms with Gasteiger partial charge in [0.25, 0.3) is 0 Å². The molecule has 0 fully saturated rings. The first-order chi connectivity index (χ1) is 18.8. The number of carbonyl (C=O) groups excluding carboxylic acids is 1. The molecule has 5 rings (SSSR count). The molecule has 39 heavy (non-hydrogen) atoms. The van der Waals surface area contributed by atoms with Crippen LogP contribution in [0.3, 0.4) is 0 Å². The van der Waals surface area contributed by atoms with Gasteiger partial charge in [-0.1, -0.05) is 6.07 Å². The van der Waals surface area contributed by atoms with Crippen LogP contribution in [0.15, 0.2) is 60.8 Å². The number of benzene rings is 2. The van der Waals surface area contributed by atoms with Gasteiger partial charge in [0.15, 0.2) is 0 Å². The Morgan fingerprint density at radius 2 is 1.87 bits per heavy atom. The average molecular weight is 536 g/mol. The Morgan fingerprint density at radius 1 is 1.08 bits per heavy atom. The first-order valence-corrected chi connectivity index (χ1v) is 12.6. The van der Waals surface area contributed by atoms with Crippen LogP contribution < -0.4 is 9.64 Å². The second kappa shape index (κ2) is 11.1. The Bertz CT molecular complexity index is 1520. The fraction of sp³-hybridized carbons (Fsp3) is 0.276. The maximum Gasteiger partial charge on any atom is 0.413 e. The normalized spacial score (nSPS) is 13.7. The molecule has 2 aromatic carbocycles. The molecule has 4 aromatic rings. The van der Waals surface area contributed by atoms with Gasteiger partial charge in [0.05, 0.1) is 26.2 Å². The summed E-state index contributed by atoms with van der Waals surface area (Å²) in [6.45, 7) is 0.766. The number of amides is 1. The molecule has 1 aliphatic heterocycles. The number of anilines is 1. The summed E-state index contributed by atoms with van der Waals surface area (Å²) in [5.74, 6) is -0.846. The van der Waals surface area contributed by atoms with E-state index < -0.39 is 29.7 Å². The molecule has 3 heterocycles. The van der Waals surface area contributed by atoms with Crippen molar-refractivity contribution in [2.24, 2.45) is 0 Å². The van der Waals surface area contributed by atoms with Crippen LogP contribution in [0.4, 0.5) is 19.4 Å². The van der Waals surface area contributed by atoms with Gasteiger partial charge in [-0.25, -0.2) is 18.6 Å². The van der Waals surface area contributed by atoms with E-state index in [1.54, 1.807) is 16.8 Å². The van der Waals surface area contributed by atoms with E-state index in [9.17, 15) is 23.5 Å². The summed E-state index contributed by atoms with van der Waals surface area (Å²) in [7, 11) is 1.27. The Balaban J connectivity index is 1.32. The summed E-state index contributed by atoms with van der Waals surface area (Å²) in [5.41, 5.74) is 2.73. The SMILES string of the molecule is COC(=O)CC(c1cc(F)cc(F)c1)n1ccc2cc(OCCc3ccc4c(n3)N(C(=O)O)CCC4)ccc21. The Morgan fingerprint density at radius 3 is 2.62 bits per heavy atom. The molecule has 0 spiro atoms. The zero-order valence-electron chi connectivity index (χ0n) is 21.3. The summed E-state index contributed by atoms with van der Waals surface area (Å²) < 4.78 is 40.5. The quantitative estimate of drug-likeness (QED) is 0.299. The highest BCUT2D eigenvalue weighted by Crippen LogP contribution is 2.31. The van der Waals surface area contributed by atoms with Gasteiger partial charge in [0, 0.05) is 41.8 Å². The molecule has 2 aromatic heterocycles. The molecule has 0 aliphatic carbocycles. The number of rotatable bonds is 8. The molecule has 1 atom stereocenters. The van der Waals surface area contributed by atoms with E-state index in [0.717, 1.165) is 41.1 Å². The summed E-state index contributed by atoms with van der Waals surface area (Å²) >= 11 is 0. The Hall–Kier alpha value is -4.47. The molecule has 0 saturated heterocycles. The van der Waals surface area contributed by atoms with Crippen LogP contribution in [0, 0.1) is 11.6 Å². The largest absolute Gasteiger partial charge is 0.493 e. The van der Waals surface area contributed by atoms with Crippen molar-refractivity contribution in [2.75, 3.05) is 25.2 Å². The second-order valence-corrected chi connectivity index (χ2v) is 9.36. The smallest absolute Gasteiger partial charge is 0.413 e. The van der Waals surface area contributed by atoms with Crippen LogP contribution in [-0.4, -0.2) is 47.0 Å². The minimum atomic E-state index is -1.01. The molecule has 1 aliphatic rings. The van der Waals surface area contributed by atoms with Crippen molar-refractivity contribution in [1.29, 1.82) is 0 Å². The number of carboxylic acid groups (broad SMARTS) is 1. The lowest BCUT2D eigenvalue weighted by Crippen LogP contribution is -2.35. The number of pyridine rings is 1. The molecule has 1 N–H and O–H groups in total. The Labute approximate surface area is 223 Å². The van der Waals surface area contributed by atoms with E-state index in [2.05, 4.69) is 4.98 Å². The lowest BCUT2D eigenvalue weighted by atomic mass is 10.0. The minimum Gasteiger partial charge on any atom is -0.493 e. The number of ether oxygens (including phenoxy) is 2. The van der Waals surface area contributed by atoms with Crippen molar-refractivity contribution in [1.82, 2.24) is 9.55 Å². The number of aryl methyl sites for hydroxylation is 1. The topological polar surface area (TPSA) is 93.9 Å². The molecule has 0 radical (unpaired) electrons. The highest BCUT2D eigenvalue weighted by molar-refractivity contribution is 5.86. The second-order valence-electron chi connectivity index (χ2n) is 9.36. The predicted octanol–water partition coefficient (Wildman–Crippen LogP) is 5.52. The number of esters is 1. The fourth-order valence-corrected chi connectivity index (χ4v) is 4.97. The molecule has 0 bridgehead atoms. The zero-order chi connectivity index (χ0) is 27.5. The number of nitrogens with zero attached hydrogens (tertiary/aromatic N) is 3. The van der Waals surface area contributed by atoms with Crippen molar-refractivity contribution in [2.45, 2.75) is 31.7 Å². The van der Waals surface area contributed by atoms with E-state index in [-0.39, 0.29) is 6.42 Å². The highest BCUT2D eigenvalue weighted by atomic mass is 19.1. The van der Waals surface area contributed by atoms with Crippen LogP contribution in [0.2, 0.25) is 0 Å². The van der Waals surface area contributed by atoms with Gasteiger partial charge >= 0.3 is 12.1 Å². The van der Waals surface area contributed by atoms with Crippen molar-refractivity contribution in [3.8, 4) is 5.75 Å². The summed E-state index contributed by atoms with van der Waals surface area (Å²) in [6.07, 6.45) is 2.72. The standard InChI is InChI=1S/C29H27F2N3O5/c1-38-27(35)17-26(20-13-21(30)16-22(31)14-20)33-11-8-19-15-24(6-7-25(19)33)39-12-9-23-5-4-18-3-2-10-34(29(36)37)28(18)32-23/h4-8,11,13-16,26H,2-3,9-10,12,17H2,1H3,(H,36,37). The minimum absolute atomic E-state index is 0.103. The van der Waals surface area contributed by atoms with Crippen LogP contribution in [-0.2, 0) is 22.4 Å². The third-order valence-electron chi connectivity index (χ3n) is 6.84. The van der Waals surface area contributed by atoms with E-state index in [1.807, 2.05) is 30.3 Å². The van der Waals surface area contributed by atoms with Gasteiger partial charge in [-0.2, -0.15) is 0 Å². The third-order valence-corrected chi connectivity index (χ3v) is 6.84. The number of halogens is 2. The first-order valence-electron chi connectivity index (χ1n) is 12.6. The maximum absolute atomic E-state index is 14.0. The van der Waals surface area contributed by atoms with Crippen LogP contribution >= 0.6 is 0 Å². The first kappa shape index (κ1) is 26.1. The summed E-state index contributed by atoms with van der Waals surface area (Å²) in [6, 6.07) is 13.7. The highest BCUT2D eigenvalue weighted by Gasteiger charge is 2.24. The van der Waals surface area contributed by atoms with Gasteiger partial charge in [0.1, 0.15) is 23.2 Å². The molecule has 10 heteroatoms. The van der Waals surface area contributed by atoms with Gasteiger partial charge in [-0.3, -0.25) is 9.69 Å². The maximum atomic E-state index is 14.0. The Kier molecular flexibility index (Phi) is 7.44. The van der Waals surface area contributed by atoms with E-state index >= 15 is 0 Å². The van der Waals surface area contributed by atoms with Crippen LogP contribution in [0.1, 0.15) is 35.7 Å². The molecule has 0 saturated carbocycles. The van der Waals surface area contributed by atoms with Gasteiger partial charge in [-0.05, 0) is 66.4 Å². The number of fused-ring (bicyclic) bond motifs is 2.